The van der Waals surface area contributed by atoms with E-state index in [1.165, 1.54) is 17.2 Å². The van der Waals surface area contributed by atoms with Crippen LogP contribution in [0.4, 0.5) is 4.79 Å². The third-order valence-electron chi connectivity index (χ3n) is 5.57. The summed E-state index contributed by atoms with van der Waals surface area (Å²) in [6.07, 6.45) is 2.64. The Bertz CT molecular complexity index is 1090. The quantitative estimate of drug-likeness (QED) is 0.480. The van der Waals surface area contributed by atoms with Crippen LogP contribution in [0.3, 0.4) is 0 Å². The first-order valence-electron chi connectivity index (χ1n) is 10.5. The molecule has 10 heteroatoms. The Kier molecular flexibility index (Phi) is 6.84. The first-order chi connectivity index (χ1) is 16.0. The number of amides is 2. The van der Waals surface area contributed by atoms with Crippen molar-refractivity contribution in [3.63, 3.8) is 0 Å². The number of para-hydroxylation sites is 1. The van der Waals surface area contributed by atoms with E-state index in [9.17, 15) is 14.7 Å². The number of benzene rings is 2. The van der Waals surface area contributed by atoms with Gasteiger partial charge in [0.2, 0.25) is 0 Å². The Morgan fingerprint density at radius 3 is 2.36 bits per heavy atom. The summed E-state index contributed by atoms with van der Waals surface area (Å²) in [5.41, 5.74) is 1.91. The third kappa shape index (κ3) is 5.47. The summed E-state index contributed by atoms with van der Waals surface area (Å²) >= 11 is 0. The van der Waals surface area contributed by atoms with Crippen LogP contribution in [-0.4, -0.2) is 57.4 Å². The summed E-state index contributed by atoms with van der Waals surface area (Å²) in [5.74, 6) is 0.430. The van der Waals surface area contributed by atoms with Crippen LogP contribution in [0.2, 0.25) is 0 Å². The first-order valence-corrected chi connectivity index (χ1v) is 10.5. The Morgan fingerprint density at radius 1 is 1.03 bits per heavy atom. The molecule has 33 heavy (non-hydrogen) atoms. The van der Waals surface area contributed by atoms with Gasteiger partial charge in [0, 0.05) is 0 Å². The number of ether oxygens (including phenoxy) is 2. The fourth-order valence-corrected chi connectivity index (χ4v) is 3.97. The molecule has 4 rings (SSSR count). The molecule has 0 bridgehead atoms. The van der Waals surface area contributed by atoms with Crippen molar-refractivity contribution in [3.8, 4) is 11.4 Å². The number of rotatable bonds is 8. The zero-order valence-electron chi connectivity index (χ0n) is 18.0. The van der Waals surface area contributed by atoms with Crippen LogP contribution in [0.15, 0.2) is 60.9 Å². The summed E-state index contributed by atoms with van der Waals surface area (Å²) in [6.45, 7) is 0.378. The van der Waals surface area contributed by atoms with Crippen LogP contribution in [0.5, 0.6) is 5.75 Å². The van der Waals surface area contributed by atoms with Gasteiger partial charge in [-0.1, -0.05) is 24.3 Å². The number of carboxylic acid groups (broad SMARTS) is 1. The van der Waals surface area contributed by atoms with Gasteiger partial charge in [-0.3, -0.25) is 4.79 Å². The van der Waals surface area contributed by atoms with Crippen molar-refractivity contribution in [2.24, 2.45) is 0 Å². The lowest BCUT2D eigenvalue weighted by Crippen LogP contribution is -2.48. The Labute approximate surface area is 190 Å². The zero-order valence-corrected chi connectivity index (χ0v) is 18.0. The van der Waals surface area contributed by atoms with Crippen LogP contribution < -0.4 is 15.4 Å². The fourth-order valence-electron chi connectivity index (χ4n) is 3.97. The molecule has 1 heterocycles. The lowest BCUT2D eigenvalue weighted by molar-refractivity contribution is 0.0429. The topological polar surface area (TPSA) is 128 Å². The number of nitrogens with zero attached hydrogens (tertiary/aromatic N) is 3. The second-order valence-electron chi connectivity index (χ2n) is 7.72. The maximum Gasteiger partial charge on any atom is 0.404 e. The second-order valence-corrected chi connectivity index (χ2v) is 7.72. The van der Waals surface area contributed by atoms with E-state index in [0.29, 0.717) is 30.7 Å². The van der Waals surface area contributed by atoms with Gasteiger partial charge in [0.15, 0.2) is 0 Å². The average Bonchev–Trinajstić information content (AvgIpc) is 3.48. The van der Waals surface area contributed by atoms with Gasteiger partial charge in [0.1, 0.15) is 5.75 Å². The number of carbonyl (C=O) groups excluding carboxylic acids is 1. The van der Waals surface area contributed by atoms with E-state index in [1.54, 1.807) is 31.4 Å². The molecule has 0 aliphatic heterocycles. The molecule has 0 spiro atoms. The van der Waals surface area contributed by atoms with E-state index < -0.39 is 18.2 Å². The van der Waals surface area contributed by atoms with E-state index >= 15 is 0 Å². The highest BCUT2D eigenvalue weighted by molar-refractivity contribution is 5.98. The number of carbonyl (C=O) groups is 2. The van der Waals surface area contributed by atoms with Crippen LogP contribution in [-0.2, 0) is 11.3 Å². The number of methoxy groups -OCH3 is 1. The molecule has 1 saturated carbocycles. The number of nitrogens with one attached hydrogen (secondary N) is 2. The molecule has 0 saturated heterocycles. The molecule has 2 aromatic carbocycles. The van der Waals surface area contributed by atoms with E-state index in [-0.39, 0.29) is 12.0 Å². The van der Waals surface area contributed by atoms with Crippen LogP contribution >= 0.6 is 0 Å². The van der Waals surface area contributed by atoms with Crippen molar-refractivity contribution in [2.75, 3.05) is 7.11 Å². The van der Waals surface area contributed by atoms with Gasteiger partial charge in [-0.05, 0) is 42.7 Å². The summed E-state index contributed by atoms with van der Waals surface area (Å²) in [6, 6.07) is 13.6. The van der Waals surface area contributed by atoms with Crippen molar-refractivity contribution < 1.29 is 24.2 Å². The fraction of sp³-hybridized carbons (Fsp3) is 0.304. The van der Waals surface area contributed by atoms with Crippen molar-refractivity contribution in [2.45, 2.75) is 37.6 Å². The summed E-state index contributed by atoms with van der Waals surface area (Å²) in [4.78, 5) is 25.8. The van der Waals surface area contributed by atoms with Gasteiger partial charge in [-0.25, -0.2) is 4.79 Å². The molecule has 172 valence electrons. The standard InChI is InChI=1S/C23H25N5O5/c1-32-16-8-6-15(7-9-16)14-33-17-12-19(20(13-17)27-23(30)31)26-22(29)18-4-2-3-5-21(18)28-24-10-11-25-28/h2-11,17,19-20,27H,12-14H2,1H3,(H,26,29)(H,30,31). The molecule has 3 unspecified atom stereocenters. The van der Waals surface area contributed by atoms with Gasteiger partial charge < -0.3 is 25.2 Å². The van der Waals surface area contributed by atoms with Crippen LogP contribution in [0.1, 0.15) is 28.8 Å². The third-order valence-corrected chi connectivity index (χ3v) is 5.57. The highest BCUT2D eigenvalue weighted by atomic mass is 16.5. The van der Waals surface area contributed by atoms with E-state index in [0.717, 1.165) is 11.3 Å². The van der Waals surface area contributed by atoms with Crippen LogP contribution in [0.25, 0.3) is 5.69 Å². The molecule has 2 amide bonds. The molecule has 1 aliphatic carbocycles. The van der Waals surface area contributed by atoms with Gasteiger partial charge in [-0.2, -0.15) is 15.0 Å². The highest BCUT2D eigenvalue weighted by Crippen LogP contribution is 2.25. The summed E-state index contributed by atoms with van der Waals surface area (Å²) < 4.78 is 11.2. The first kappa shape index (κ1) is 22.3. The molecular formula is C23H25N5O5. The molecule has 1 aromatic heterocycles. The number of hydrogen-bond donors (Lipinski definition) is 3. The molecular weight excluding hydrogens is 426 g/mol. The highest BCUT2D eigenvalue weighted by Gasteiger charge is 2.37. The maximum atomic E-state index is 13.1. The number of aromatic nitrogens is 3. The van der Waals surface area contributed by atoms with Gasteiger partial charge in [0.05, 0.1) is 55.5 Å². The minimum absolute atomic E-state index is 0.211. The predicted molar refractivity (Wildman–Crippen MR) is 118 cm³/mol. The second kappa shape index (κ2) is 10.1. The predicted octanol–water partition coefficient (Wildman–Crippen LogP) is 2.39. The van der Waals surface area contributed by atoms with E-state index in [4.69, 9.17) is 9.47 Å². The smallest absolute Gasteiger partial charge is 0.404 e. The molecule has 1 aliphatic rings. The SMILES string of the molecule is COc1ccc(COC2CC(NC(=O)O)C(NC(=O)c3ccccc3-n3nccn3)C2)cc1. The maximum absolute atomic E-state index is 13.1. The zero-order chi connectivity index (χ0) is 23.2. The van der Waals surface area contributed by atoms with Gasteiger partial charge in [-0.15, -0.1) is 0 Å². The average molecular weight is 451 g/mol. The monoisotopic (exact) mass is 451 g/mol. The Morgan fingerprint density at radius 2 is 1.70 bits per heavy atom. The lowest BCUT2D eigenvalue weighted by Gasteiger charge is -2.21. The Balaban J connectivity index is 1.43. The molecule has 3 aromatic rings. The molecule has 10 nitrogen and oxygen atoms in total. The minimum atomic E-state index is -1.14. The van der Waals surface area contributed by atoms with Gasteiger partial charge >= 0.3 is 6.09 Å². The summed E-state index contributed by atoms with van der Waals surface area (Å²) in [7, 11) is 1.61. The Hall–Kier alpha value is -3.92. The van der Waals surface area contributed by atoms with Crippen molar-refractivity contribution in [1.82, 2.24) is 25.6 Å². The summed E-state index contributed by atoms with van der Waals surface area (Å²) in [5, 5.41) is 22.9. The molecule has 0 radical (unpaired) electrons. The van der Waals surface area contributed by atoms with Gasteiger partial charge in [0.25, 0.3) is 5.91 Å². The van der Waals surface area contributed by atoms with E-state index in [1.807, 2.05) is 24.3 Å². The minimum Gasteiger partial charge on any atom is -0.497 e. The number of hydrogen-bond acceptors (Lipinski definition) is 6. The van der Waals surface area contributed by atoms with Crippen LogP contribution in [0, 0.1) is 0 Å². The lowest BCUT2D eigenvalue weighted by atomic mass is 10.1. The largest absolute Gasteiger partial charge is 0.497 e. The van der Waals surface area contributed by atoms with Crippen molar-refractivity contribution in [1.29, 1.82) is 0 Å². The molecule has 3 atom stereocenters. The molecule has 3 N–H and O–H groups in total. The normalized spacial score (nSPS) is 19.7. The molecule has 1 fully saturated rings. The van der Waals surface area contributed by atoms with Crippen molar-refractivity contribution >= 4 is 12.0 Å². The van der Waals surface area contributed by atoms with Crippen molar-refractivity contribution in [3.05, 3.63) is 72.1 Å². The van der Waals surface area contributed by atoms with E-state index in [2.05, 4.69) is 20.8 Å².